The molecule has 2 aromatic heterocycles. The Morgan fingerprint density at radius 1 is 1.12 bits per heavy atom. The van der Waals surface area contributed by atoms with E-state index >= 15 is 0 Å². The second-order valence-corrected chi connectivity index (χ2v) is 9.63. The molecule has 0 saturated carbocycles. The standard InChI is InChI=1S/C23H26N3O6S.Na/c1-16-19(13-33(27)21-25-17-5-3-4-6-18(17)26-21)24-9-7-20(16)28-10-8-22(2)31-14-23(15-32-22)29-11-12-30-23;/h3-7,9H,8,10-15H2,1-2H3;/q-1;+1. The molecule has 0 aliphatic carbocycles. The monoisotopic (exact) mass is 495 g/mol. The summed E-state index contributed by atoms with van der Waals surface area (Å²) < 4.78 is 41.9. The van der Waals surface area contributed by atoms with E-state index in [1.165, 1.54) is 0 Å². The van der Waals surface area contributed by atoms with Gasteiger partial charge in [0.2, 0.25) is 5.79 Å². The summed E-state index contributed by atoms with van der Waals surface area (Å²) in [6, 6.07) is 9.28. The van der Waals surface area contributed by atoms with Crippen molar-refractivity contribution in [3.05, 3.63) is 47.8 Å². The average molecular weight is 496 g/mol. The summed E-state index contributed by atoms with van der Waals surface area (Å²) in [6.45, 7) is 5.93. The van der Waals surface area contributed by atoms with Crippen molar-refractivity contribution in [3.8, 4) is 5.75 Å². The molecule has 1 unspecified atom stereocenters. The Hall–Kier alpha value is -1.37. The number of hydrogen-bond donors (Lipinski definition) is 0. The van der Waals surface area contributed by atoms with Crippen LogP contribution >= 0.6 is 0 Å². The van der Waals surface area contributed by atoms with Gasteiger partial charge in [-0.25, -0.2) is 0 Å². The molecule has 2 aliphatic rings. The van der Waals surface area contributed by atoms with E-state index in [0.29, 0.717) is 56.1 Å². The first-order valence-electron chi connectivity index (χ1n) is 10.9. The maximum Gasteiger partial charge on any atom is 1.00 e. The van der Waals surface area contributed by atoms with Crippen molar-refractivity contribution >= 4 is 21.8 Å². The Morgan fingerprint density at radius 2 is 1.85 bits per heavy atom. The van der Waals surface area contributed by atoms with Crippen molar-refractivity contribution in [2.75, 3.05) is 33.0 Å². The van der Waals surface area contributed by atoms with E-state index in [1.807, 2.05) is 38.1 Å². The molecule has 0 radical (unpaired) electrons. The fourth-order valence-electron chi connectivity index (χ4n) is 3.80. The van der Waals surface area contributed by atoms with Crippen LogP contribution in [0, 0.1) is 6.92 Å². The first kappa shape index (κ1) is 25.7. The van der Waals surface area contributed by atoms with Gasteiger partial charge in [0.25, 0.3) is 0 Å². The number of aromatic nitrogens is 3. The molecule has 2 saturated heterocycles. The Morgan fingerprint density at radius 3 is 2.59 bits per heavy atom. The molecule has 11 heteroatoms. The van der Waals surface area contributed by atoms with Gasteiger partial charge in [-0.15, -0.1) is 0 Å². The van der Waals surface area contributed by atoms with E-state index in [2.05, 4.69) is 15.0 Å². The predicted octanol–water partition coefficient (Wildman–Crippen LogP) is -0.518. The van der Waals surface area contributed by atoms with Gasteiger partial charge in [-0.1, -0.05) is 24.3 Å². The van der Waals surface area contributed by atoms with Crippen LogP contribution in [0.3, 0.4) is 0 Å². The molecule has 1 atom stereocenters. The third-order valence-electron chi connectivity index (χ3n) is 5.87. The summed E-state index contributed by atoms with van der Waals surface area (Å²) in [5, 5.41) is 0.316. The summed E-state index contributed by atoms with van der Waals surface area (Å²) in [4.78, 5) is 13.2. The Balaban J connectivity index is 0.00000274. The molecule has 9 nitrogen and oxygen atoms in total. The van der Waals surface area contributed by atoms with Crippen molar-refractivity contribution in [3.63, 3.8) is 0 Å². The fraction of sp³-hybridized carbons (Fsp3) is 0.478. The maximum atomic E-state index is 12.9. The largest absolute Gasteiger partial charge is 1.00 e. The number of nitrogens with zero attached hydrogens (tertiary/aromatic N) is 3. The van der Waals surface area contributed by atoms with Gasteiger partial charge >= 0.3 is 29.6 Å². The number of fused-ring (bicyclic) bond motifs is 1. The third-order valence-corrected chi connectivity index (χ3v) is 6.99. The van der Waals surface area contributed by atoms with Crippen molar-refractivity contribution in [2.45, 2.75) is 42.8 Å². The Kier molecular flexibility index (Phi) is 8.10. The van der Waals surface area contributed by atoms with Crippen LogP contribution in [0.5, 0.6) is 5.75 Å². The fourth-order valence-corrected chi connectivity index (χ4v) is 4.87. The molecular formula is C23H26N3NaO6S. The van der Waals surface area contributed by atoms with Crippen LogP contribution in [0.1, 0.15) is 24.6 Å². The van der Waals surface area contributed by atoms with Crippen LogP contribution in [-0.2, 0) is 35.5 Å². The number of ether oxygens (including phenoxy) is 5. The second-order valence-electron chi connectivity index (χ2n) is 8.28. The molecule has 5 rings (SSSR count). The Bertz CT molecular complexity index is 1120. The van der Waals surface area contributed by atoms with Gasteiger partial charge in [-0.3, -0.25) is 9.19 Å². The molecule has 176 valence electrons. The maximum absolute atomic E-state index is 12.9. The molecule has 3 aromatic rings. The number of benzene rings is 1. The van der Waals surface area contributed by atoms with Crippen LogP contribution in [0.4, 0.5) is 0 Å². The van der Waals surface area contributed by atoms with Gasteiger partial charge in [0.1, 0.15) is 19.0 Å². The minimum atomic E-state index is -1.41. The van der Waals surface area contributed by atoms with E-state index in [1.54, 1.807) is 12.3 Å². The first-order valence-corrected chi connectivity index (χ1v) is 12.2. The van der Waals surface area contributed by atoms with E-state index in [4.69, 9.17) is 23.7 Å². The molecule has 4 heterocycles. The van der Waals surface area contributed by atoms with Crippen molar-refractivity contribution in [1.82, 2.24) is 15.0 Å². The zero-order chi connectivity index (χ0) is 22.9. The molecule has 1 spiro atoms. The van der Waals surface area contributed by atoms with Gasteiger partial charge in [0, 0.05) is 23.3 Å². The van der Waals surface area contributed by atoms with E-state index < -0.39 is 22.4 Å². The number of pyridine rings is 1. The summed E-state index contributed by atoms with van der Waals surface area (Å²) in [5.74, 6) is -0.651. The molecule has 2 aliphatic heterocycles. The summed E-state index contributed by atoms with van der Waals surface area (Å²) >= 11 is 0. The first-order chi connectivity index (χ1) is 16.0. The molecular weight excluding hydrogens is 469 g/mol. The number of imidazole rings is 1. The van der Waals surface area contributed by atoms with Gasteiger partial charge in [0.15, 0.2) is 5.79 Å². The van der Waals surface area contributed by atoms with Crippen LogP contribution in [0.15, 0.2) is 41.7 Å². The van der Waals surface area contributed by atoms with Gasteiger partial charge in [0.05, 0.1) is 42.1 Å². The number of rotatable bonds is 7. The molecule has 0 amide bonds. The van der Waals surface area contributed by atoms with Gasteiger partial charge in [-0.05, 0) is 30.9 Å². The van der Waals surface area contributed by atoms with Gasteiger partial charge < -0.3 is 33.7 Å². The smallest absolute Gasteiger partial charge is 0.493 e. The molecule has 1 aromatic carbocycles. The van der Waals surface area contributed by atoms with E-state index in [9.17, 15) is 4.21 Å². The topological polar surface area (TPSA) is 103 Å². The zero-order valence-corrected chi connectivity index (χ0v) is 22.4. The van der Waals surface area contributed by atoms with E-state index in [0.717, 1.165) is 16.6 Å². The van der Waals surface area contributed by atoms with Crippen molar-refractivity contribution in [2.24, 2.45) is 0 Å². The van der Waals surface area contributed by atoms with Crippen LogP contribution in [0.25, 0.3) is 11.0 Å². The average Bonchev–Trinajstić information content (AvgIpc) is 3.46. The van der Waals surface area contributed by atoms with Crippen LogP contribution < -0.4 is 39.3 Å². The van der Waals surface area contributed by atoms with Crippen LogP contribution in [0.2, 0.25) is 0 Å². The van der Waals surface area contributed by atoms with Crippen molar-refractivity contribution < 1.29 is 57.5 Å². The summed E-state index contributed by atoms with van der Waals surface area (Å²) in [7, 11) is -1.41. The molecule has 2 fully saturated rings. The van der Waals surface area contributed by atoms with Gasteiger partial charge in [-0.2, -0.15) is 0 Å². The van der Waals surface area contributed by atoms with Crippen molar-refractivity contribution in [1.29, 1.82) is 0 Å². The molecule has 0 bridgehead atoms. The second kappa shape index (κ2) is 10.7. The number of para-hydroxylation sites is 2. The quantitative estimate of drug-likeness (QED) is 0.401. The minimum absolute atomic E-state index is 0. The minimum Gasteiger partial charge on any atom is -0.493 e. The SMILES string of the molecule is Cc1c(OCCC2(C)OCC3(CO2)OCCO3)ccnc1CS(=O)c1nc2ccccc2[n-]1.[Na+]. The van der Waals surface area contributed by atoms with Crippen LogP contribution in [-0.4, -0.2) is 58.8 Å². The number of hydrogen-bond acceptors (Lipinski definition) is 8. The molecule has 0 N–H and O–H groups in total. The zero-order valence-electron chi connectivity index (χ0n) is 19.6. The predicted molar refractivity (Wildman–Crippen MR) is 119 cm³/mol. The normalized spacial score (nSPS) is 19.7. The van der Waals surface area contributed by atoms with E-state index in [-0.39, 0.29) is 35.3 Å². The Labute approximate surface area is 222 Å². The molecule has 34 heavy (non-hydrogen) atoms. The third kappa shape index (κ3) is 5.55. The summed E-state index contributed by atoms with van der Waals surface area (Å²) in [6.07, 6.45) is 2.19. The summed E-state index contributed by atoms with van der Waals surface area (Å²) in [5.41, 5.74) is 3.00.